The van der Waals surface area contributed by atoms with Crippen molar-refractivity contribution in [3.05, 3.63) is 20.3 Å². The Kier molecular flexibility index (Phi) is 4.04. The first-order valence-electron chi connectivity index (χ1n) is 5.44. The number of rotatable bonds is 4. The number of methoxy groups -OCH3 is 1. The number of hydrogen-bond donors (Lipinski definition) is 1. The van der Waals surface area contributed by atoms with E-state index in [9.17, 15) is 4.79 Å². The Bertz CT molecular complexity index is 481. The largest absolute Gasteiger partial charge is 0.385 e. The minimum absolute atomic E-state index is 0.261. The lowest BCUT2D eigenvalue weighted by Crippen LogP contribution is -2.35. The summed E-state index contributed by atoms with van der Waals surface area (Å²) >= 11 is 5.08. The number of nitrogens with two attached hydrogens (primary N) is 1. The summed E-state index contributed by atoms with van der Waals surface area (Å²) in [7, 11) is 1.60. The van der Waals surface area contributed by atoms with E-state index >= 15 is 0 Å². The zero-order valence-electron chi connectivity index (χ0n) is 10.1. The maximum atomic E-state index is 11.8. The molecule has 1 unspecified atom stereocenters. The predicted molar refractivity (Wildman–Crippen MR) is 75.1 cm³/mol. The fourth-order valence-corrected chi connectivity index (χ4v) is 3.52. The fraction of sp³-hybridized carbons (Fsp3) is 0.455. The van der Waals surface area contributed by atoms with E-state index in [1.165, 1.54) is 0 Å². The van der Waals surface area contributed by atoms with Gasteiger partial charge >= 0.3 is 6.03 Å². The number of carbonyl (C=O) groups excluding carboxylic acids is 1. The van der Waals surface area contributed by atoms with Crippen LogP contribution in [0.4, 0.5) is 4.79 Å². The van der Waals surface area contributed by atoms with Crippen LogP contribution in [0.15, 0.2) is 15.5 Å². The second kappa shape index (κ2) is 5.38. The SMILES string of the molecule is COCCN1C(=O)N=C(N)C1c1cc(Br)c(C)s1. The maximum absolute atomic E-state index is 11.8. The fourth-order valence-electron chi connectivity index (χ4n) is 1.84. The van der Waals surface area contributed by atoms with Crippen molar-refractivity contribution in [3.63, 3.8) is 0 Å². The molecular formula is C11H14BrN3O2S. The number of thiophene rings is 1. The van der Waals surface area contributed by atoms with Gasteiger partial charge in [0.2, 0.25) is 0 Å². The summed E-state index contributed by atoms with van der Waals surface area (Å²) in [4.78, 5) is 19.4. The van der Waals surface area contributed by atoms with Crippen LogP contribution < -0.4 is 5.73 Å². The zero-order chi connectivity index (χ0) is 13.3. The second-order valence-electron chi connectivity index (χ2n) is 3.96. The molecule has 0 saturated carbocycles. The third-order valence-corrected chi connectivity index (χ3v) is 4.93. The molecule has 1 aliphatic rings. The van der Waals surface area contributed by atoms with Crippen LogP contribution in [0.25, 0.3) is 0 Å². The van der Waals surface area contributed by atoms with Crippen molar-refractivity contribution in [2.75, 3.05) is 20.3 Å². The Labute approximate surface area is 118 Å². The lowest BCUT2D eigenvalue weighted by atomic mass is 10.2. The van der Waals surface area contributed by atoms with Gasteiger partial charge in [-0.25, -0.2) is 4.79 Å². The number of amides is 2. The number of aryl methyl sites for hydroxylation is 1. The summed E-state index contributed by atoms with van der Waals surface area (Å²) in [6, 6.07) is 1.44. The molecule has 0 spiro atoms. The van der Waals surface area contributed by atoms with Gasteiger partial charge in [-0.3, -0.25) is 0 Å². The molecular weight excluding hydrogens is 318 g/mol. The van der Waals surface area contributed by atoms with E-state index in [4.69, 9.17) is 10.5 Å². The van der Waals surface area contributed by atoms with E-state index < -0.39 is 0 Å². The molecule has 1 aromatic heterocycles. The highest BCUT2D eigenvalue weighted by atomic mass is 79.9. The molecule has 0 fully saturated rings. The molecule has 1 aliphatic heterocycles. The van der Waals surface area contributed by atoms with Gasteiger partial charge in [0, 0.05) is 27.9 Å². The van der Waals surface area contributed by atoms with Gasteiger partial charge in [-0.2, -0.15) is 4.99 Å². The van der Waals surface area contributed by atoms with Crippen molar-refractivity contribution < 1.29 is 9.53 Å². The van der Waals surface area contributed by atoms with Gasteiger partial charge in [0.15, 0.2) is 0 Å². The highest BCUT2D eigenvalue weighted by Gasteiger charge is 2.35. The molecule has 7 heteroatoms. The number of halogens is 1. The van der Waals surface area contributed by atoms with Gasteiger partial charge < -0.3 is 15.4 Å². The summed E-state index contributed by atoms with van der Waals surface area (Å²) in [6.07, 6.45) is 0. The van der Waals surface area contributed by atoms with Crippen LogP contribution in [0, 0.1) is 6.92 Å². The molecule has 18 heavy (non-hydrogen) atoms. The monoisotopic (exact) mass is 331 g/mol. The van der Waals surface area contributed by atoms with Crippen LogP contribution in [0.5, 0.6) is 0 Å². The van der Waals surface area contributed by atoms with Gasteiger partial charge in [0.25, 0.3) is 0 Å². The molecule has 0 bridgehead atoms. The van der Waals surface area contributed by atoms with Crippen molar-refractivity contribution in [1.29, 1.82) is 0 Å². The molecule has 2 N–H and O–H groups in total. The second-order valence-corrected chi connectivity index (χ2v) is 6.10. The average Bonchev–Trinajstić information content (AvgIpc) is 2.77. The highest BCUT2D eigenvalue weighted by molar-refractivity contribution is 9.10. The van der Waals surface area contributed by atoms with Crippen molar-refractivity contribution in [2.24, 2.45) is 10.7 Å². The van der Waals surface area contributed by atoms with Gasteiger partial charge in [-0.15, -0.1) is 11.3 Å². The lowest BCUT2D eigenvalue weighted by molar-refractivity contribution is 0.151. The standard InChI is InChI=1S/C11H14BrN3O2S/c1-6-7(12)5-8(18-6)9-10(13)14-11(16)15(9)3-4-17-2/h5,9H,3-4H2,1-2H3,(H2,13,14,16). The van der Waals surface area contributed by atoms with Gasteiger partial charge in [0.1, 0.15) is 11.9 Å². The van der Waals surface area contributed by atoms with E-state index in [1.54, 1.807) is 23.3 Å². The summed E-state index contributed by atoms with van der Waals surface area (Å²) in [5, 5.41) is 0. The Balaban J connectivity index is 2.28. The molecule has 0 aromatic carbocycles. The molecule has 0 radical (unpaired) electrons. The van der Waals surface area contributed by atoms with Crippen molar-refractivity contribution in [2.45, 2.75) is 13.0 Å². The van der Waals surface area contributed by atoms with Crippen LogP contribution in [-0.4, -0.2) is 37.0 Å². The quantitative estimate of drug-likeness (QED) is 0.920. The summed E-state index contributed by atoms with van der Waals surface area (Å²) in [5.41, 5.74) is 5.86. The summed E-state index contributed by atoms with van der Waals surface area (Å²) in [5.74, 6) is 0.352. The van der Waals surface area contributed by atoms with E-state index in [-0.39, 0.29) is 12.1 Å². The molecule has 2 heterocycles. The highest BCUT2D eigenvalue weighted by Crippen LogP contribution is 2.35. The van der Waals surface area contributed by atoms with Crippen LogP contribution >= 0.6 is 27.3 Å². The molecule has 2 rings (SSSR count). The lowest BCUT2D eigenvalue weighted by Gasteiger charge is -2.22. The molecule has 1 atom stereocenters. The van der Waals surface area contributed by atoms with E-state index in [2.05, 4.69) is 20.9 Å². The Morgan fingerprint density at radius 1 is 1.67 bits per heavy atom. The number of nitrogens with zero attached hydrogens (tertiary/aromatic N) is 2. The normalized spacial score (nSPS) is 19.5. The summed E-state index contributed by atoms with van der Waals surface area (Å²) < 4.78 is 6.04. The molecule has 2 amide bonds. The number of ether oxygens (including phenoxy) is 1. The van der Waals surface area contributed by atoms with E-state index in [0.717, 1.165) is 14.2 Å². The number of urea groups is 1. The number of carbonyl (C=O) groups is 1. The molecule has 98 valence electrons. The van der Waals surface area contributed by atoms with E-state index in [0.29, 0.717) is 19.0 Å². The van der Waals surface area contributed by atoms with Crippen molar-refractivity contribution in [3.8, 4) is 0 Å². The molecule has 0 saturated heterocycles. The number of aliphatic imine (C=N–C) groups is 1. The third kappa shape index (κ3) is 2.43. The number of hydrogen-bond acceptors (Lipinski definition) is 4. The zero-order valence-corrected chi connectivity index (χ0v) is 12.5. The van der Waals surface area contributed by atoms with Gasteiger partial charge in [0.05, 0.1) is 6.61 Å². The minimum atomic E-state index is -0.295. The maximum Gasteiger partial charge on any atom is 0.346 e. The Morgan fingerprint density at radius 2 is 2.39 bits per heavy atom. The van der Waals surface area contributed by atoms with Gasteiger partial charge in [-0.1, -0.05) is 0 Å². The first-order chi connectivity index (χ1) is 8.54. The first kappa shape index (κ1) is 13.5. The van der Waals surface area contributed by atoms with Crippen LogP contribution in [0.2, 0.25) is 0 Å². The van der Waals surface area contributed by atoms with Crippen molar-refractivity contribution in [1.82, 2.24) is 4.90 Å². The third-order valence-electron chi connectivity index (χ3n) is 2.74. The molecule has 1 aromatic rings. The Hall–Kier alpha value is -0.920. The smallest absolute Gasteiger partial charge is 0.346 e. The van der Waals surface area contributed by atoms with E-state index in [1.807, 2.05) is 13.0 Å². The van der Waals surface area contributed by atoms with Crippen LogP contribution in [-0.2, 0) is 4.74 Å². The van der Waals surface area contributed by atoms with Crippen LogP contribution in [0.1, 0.15) is 15.8 Å². The molecule has 5 nitrogen and oxygen atoms in total. The topological polar surface area (TPSA) is 67.9 Å². The first-order valence-corrected chi connectivity index (χ1v) is 7.05. The molecule has 0 aliphatic carbocycles. The van der Waals surface area contributed by atoms with Crippen LogP contribution in [0.3, 0.4) is 0 Å². The number of amidine groups is 1. The average molecular weight is 332 g/mol. The Morgan fingerprint density at radius 3 is 2.94 bits per heavy atom. The minimum Gasteiger partial charge on any atom is -0.385 e. The van der Waals surface area contributed by atoms with Gasteiger partial charge in [-0.05, 0) is 28.9 Å². The van der Waals surface area contributed by atoms with Crippen molar-refractivity contribution >= 4 is 39.1 Å². The predicted octanol–water partition coefficient (Wildman–Crippen LogP) is 2.30. The summed E-state index contributed by atoms with van der Waals surface area (Å²) in [6.45, 7) is 2.97.